The van der Waals surface area contributed by atoms with Gasteiger partial charge in [0.2, 0.25) is 11.4 Å². The largest absolute Gasteiger partial charge is 0.395 e. The van der Waals surface area contributed by atoms with Crippen LogP contribution in [0.3, 0.4) is 0 Å². The second-order valence-corrected chi connectivity index (χ2v) is 6.99. The van der Waals surface area contributed by atoms with E-state index in [4.69, 9.17) is 16.7 Å². The topological polar surface area (TPSA) is 26.5 Å². The summed E-state index contributed by atoms with van der Waals surface area (Å²) in [4.78, 5) is 2.05. The second kappa shape index (κ2) is 6.75. The number of aliphatic hydroxyl groups excluding tert-OH is 1. The van der Waals surface area contributed by atoms with Crippen molar-refractivity contribution in [2.75, 3.05) is 31.6 Å². The molecule has 0 saturated heterocycles. The first-order valence-corrected chi connectivity index (χ1v) is 9.32. The highest BCUT2D eigenvalue weighted by molar-refractivity contribution is 6.37. The van der Waals surface area contributed by atoms with Gasteiger partial charge in [0.05, 0.1) is 17.6 Å². The minimum absolute atomic E-state index is 0.150. The van der Waals surface area contributed by atoms with Crippen LogP contribution in [-0.2, 0) is 0 Å². The van der Waals surface area contributed by atoms with Gasteiger partial charge in [-0.15, -0.1) is 0 Å². The van der Waals surface area contributed by atoms with Crippen molar-refractivity contribution in [3.8, 4) is 0 Å². The average Bonchev–Trinajstić information content (AvgIpc) is 3.00. The lowest BCUT2D eigenvalue weighted by Gasteiger charge is -2.17. The van der Waals surface area contributed by atoms with Crippen LogP contribution in [0.2, 0.25) is 5.02 Å². The summed E-state index contributed by atoms with van der Waals surface area (Å²) >= 11 is 6.45. The van der Waals surface area contributed by atoms with E-state index in [1.165, 1.54) is 27.9 Å². The number of anilines is 1. The monoisotopic (exact) mass is 365 g/mol. The van der Waals surface area contributed by atoms with Gasteiger partial charge < -0.3 is 10.0 Å². The number of likely N-dealkylation sites (N-methyl/N-ethyl adjacent to an activating group) is 1. The predicted octanol–water partition coefficient (Wildman–Crippen LogP) is 4.44. The molecule has 1 heterocycles. The van der Waals surface area contributed by atoms with E-state index in [1.54, 1.807) is 0 Å². The fraction of sp³-hybridized carbons (Fsp3) is 0.227. The molecule has 3 nitrogen and oxygen atoms in total. The molecule has 1 aliphatic rings. The van der Waals surface area contributed by atoms with Crippen LogP contribution in [0.15, 0.2) is 54.6 Å². The molecule has 1 N–H and O–H groups in total. The third-order valence-electron chi connectivity index (χ3n) is 5.11. The number of benzene rings is 3. The van der Waals surface area contributed by atoms with Crippen LogP contribution < -0.4 is 4.90 Å². The summed E-state index contributed by atoms with van der Waals surface area (Å²) < 4.78 is 2.36. The van der Waals surface area contributed by atoms with Gasteiger partial charge in [0, 0.05) is 41.3 Å². The lowest BCUT2D eigenvalue weighted by atomic mass is 9.98. The van der Waals surface area contributed by atoms with Gasteiger partial charge in [-0.25, -0.2) is 0 Å². The highest BCUT2D eigenvalue weighted by Gasteiger charge is 2.32. The summed E-state index contributed by atoms with van der Waals surface area (Å²) in [5.41, 5.74) is 5.97. The maximum Gasteiger partial charge on any atom is 0.221 e. The molecule has 26 heavy (non-hydrogen) atoms. The SMILES string of the molecule is CC[N+]1=C(c2ccc(N(C)CCO)cc2)c2cccc3c(Cl)ccc1c23. The smallest absolute Gasteiger partial charge is 0.221 e. The quantitative estimate of drug-likeness (QED) is 0.677. The van der Waals surface area contributed by atoms with Crippen molar-refractivity contribution in [1.29, 1.82) is 0 Å². The zero-order valence-corrected chi connectivity index (χ0v) is 15.8. The van der Waals surface area contributed by atoms with Crippen molar-refractivity contribution in [3.05, 3.63) is 70.7 Å². The fourth-order valence-electron chi connectivity index (χ4n) is 3.83. The minimum atomic E-state index is 0.150. The minimum Gasteiger partial charge on any atom is -0.395 e. The van der Waals surface area contributed by atoms with Crippen LogP contribution in [0.5, 0.6) is 0 Å². The summed E-state index contributed by atoms with van der Waals surface area (Å²) in [5.74, 6) is 0. The van der Waals surface area contributed by atoms with Crippen molar-refractivity contribution in [2.24, 2.45) is 0 Å². The lowest BCUT2D eigenvalue weighted by Crippen LogP contribution is -2.21. The summed E-state index contributed by atoms with van der Waals surface area (Å²) in [6, 6.07) is 19.0. The molecular formula is C22H22ClN2O+. The predicted molar refractivity (Wildman–Crippen MR) is 109 cm³/mol. The Morgan fingerprint density at radius 3 is 2.50 bits per heavy atom. The molecule has 0 atom stereocenters. The van der Waals surface area contributed by atoms with Crippen LogP contribution >= 0.6 is 11.6 Å². The van der Waals surface area contributed by atoms with Crippen LogP contribution in [0.1, 0.15) is 18.1 Å². The van der Waals surface area contributed by atoms with Crippen LogP contribution in [0.25, 0.3) is 10.8 Å². The Morgan fingerprint density at radius 2 is 1.81 bits per heavy atom. The van der Waals surface area contributed by atoms with Crippen molar-refractivity contribution in [2.45, 2.75) is 6.92 Å². The molecule has 0 bridgehead atoms. The molecule has 0 aromatic heterocycles. The Hall–Kier alpha value is -2.36. The van der Waals surface area contributed by atoms with E-state index < -0.39 is 0 Å². The molecule has 132 valence electrons. The van der Waals surface area contributed by atoms with E-state index in [9.17, 15) is 0 Å². The fourth-order valence-corrected chi connectivity index (χ4v) is 4.05. The summed E-state index contributed by atoms with van der Waals surface area (Å²) in [6.45, 7) is 3.85. The first-order chi connectivity index (χ1) is 12.7. The van der Waals surface area contributed by atoms with Gasteiger partial charge in [-0.2, -0.15) is 4.58 Å². The molecular weight excluding hydrogens is 344 g/mol. The Balaban J connectivity index is 1.86. The third-order valence-corrected chi connectivity index (χ3v) is 5.44. The molecule has 0 spiro atoms. The average molecular weight is 366 g/mol. The molecule has 0 saturated carbocycles. The van der Waals surface area contributed by atoms with Crippen LogP contribution in [0.4, 0.5) is 11.4 Å². The van der Waals surface area contributed by atoms with Crippen molar-refractivity contribution in [3.63, 3.8) is 0 Å². The Kier molecular flexibility index (Phi) is 4.43. The van der Waals surface area contributed by atoms with E-state index in [1.807, 2.05) is 13.1 Å². The number of halogens is 1. The van der Waals surface area contributed by atoms with Gasteiger partial charge in [0.15, 0.2) is 0 Å². The van der Waals surface area contributed by atoms with Gasteiger partial charge in [-0.05, 0) is 43.3 Å². The first kappa shape index (κ1) is 17.1. The van der Waals surface area contributed by atoms with Crippen LogP contribution in [0, 0.1) is 0 Å². The van der Waals surface area contributed by atoms with E-state index >= 15 is 0 Å². The van der Waals surface area contributed by atoms with E-state index in [0.717, 1.165) is 22.6 Å². The standard InChI is InChI=1S/C22H22ClN2O/c1-3-25-20-12-11-19(23)17-5-4-6-18(21(17)20)22(25)15-7-9-16(10-8-15)24(2)13-14-26/h4-12,26H,3,13-14H2,1-2H3/q+1. The third kappa shape index (κ3) is 2.59. The van der Waals surface area contributed by atoms with E-state index in [0.29, 0.717) is 6.54 Å². The first-order valence-electron chi connectivity index (χ1n) is 8.94. The van der Waals surface area contributed by atoms with Crippen molar-refractivity contribution in [1.82, 2.24) is 0 Å². The Labute approximate surface area is 158 Å². The van der Waals surface area contributed by atoms with Crippen molar-refractivity contribution >= 4 is 39.5 Å². The molecule has 0 amide bonds. The van der Waals surface area contributed by atoms with Crippen LogP contribution in [-0.4, -0.2) is 42.1 Å². The molecule has 3 aromatic carbocycles. The molecule has 0 fully saturated rings. The van der Waals surface area contributed by atoms with Crippen molar-refractivity contribution < 1.29 is 9.68 Å². The van der Waals surface area contributed by atoms with Gasteiger partial charge >= 0.3 is 0 Å². The maximum absolute atomic E-state index is 9.14. The van der Waals surface area contributed by atoms with E-state index in [2.05, 4.69) is 64.9 Å². The normalized spacial score (nSPS) is 12.9. The molecule has 4 rings (SSSR count). The molecule has 4 heteroatoms. The maximum atomic E-state index is 9.14. The molecule has 0 aliphatic carbocycles. The number of rotatable bonds is 5. The second-order valence-electron chi connectivity index (χ2n) is 6.58. The molecule has 1 aliphatic heterocycles. The van der Waals surface area contributed by atoms with Gasteiger partial charge in [0.25, 0.3) is 0 Å². The Bertz CT molecular complexity index is 1010. The molecule has 0 unspecified atom stereocenters. The number of hydrogen-bond acceptors (Lipinski definition) is 2. The highest BCUT2D eigenvalue weighted by atomic mass is 35.5. The summed E-state index contributed by atoms with van der Waals surface area (Å²) in [5, 5.41) is 12.3. The number of hydrogen-bond donors (Lipinski definition) is 1. The van der Waals surface area contributed by atoms with Gasteiger partial charge in [-0.1, -0.05) is 23.7 Å². The summed E-state index contributed by atoms with van der Waals surface area (Å²) in [6.07, 6.45) is 0. The number of nitrogens with zero attached hydrogens (tertiary/aromatic N) is 2. The van der Waals surface area contributed by atoms with Gasteiger partial charge in [-0.3, -0.25) is 0 Å². The van der Waals surface area contributed by atoms with E-state index in [-0.39, 0.29) is 6.61 Å². The number of aliphatic hydroxyl groups is 1. The zero-order chi connectivity index (χ0) is 18.3. The molecule has 3 aromatic rings. The highest BCUT2D eigenvalue weighted by Crippen LogP contribution is 2.39. The zero-order valence-electron chi connectivity index (χ0n) is 15.0. The molecule has 0 radical (unpaired) electrons. The summed E-state index contributed by atoms with van der Waals surface area (Å²) in [7, 11) is 1.99. The Morgan fingerprint density at radius 1 is 1.04 bits per heavy atom. The van der Waals surface area contributed by atoms with Gasteiger partial charge in [0.1, 0.15) is 6.54 Å². The lowest BCUT2D eigenvalue weighted by molar-refractivity contribution is -0.431.